The summed E-state index contributed by atoms with van der Waals surface area (Å²) in [6, 6.07) is 0.820. The summed E-state index contributed by atoms with van der Waals surface area (Å²) < 4.78 is 28.6. The minimum absolute atomic E-state index is 0. The van der Waals surface area contributed by atoms with Gasteiger partial charge in [-0.05, 0) is 12.5 Å². The molecular weight excluding hydrogens is 370 g/mol. The van der Waals surface area contributed by atoms with Crippen molar-refractivity contribution in [3.05, 3.63) is 33.1 Å². The monoisotopic (exact) mass is 391 g/mol. The van der Waals surface area contributed by atoms with Crippen LogP contribution in [-0.4, -0.2) is 35.5 Å². The second-order valence-corrected chi connectivity index (χ2v) is 7.27. The Kier molecular flexibility index (Phi) is 7.29. The Hall–Kier alpha value is -1.75. The van der Waals surface area contributed by atoms with Gasteiger partial charge in [-0.15, -0.1) is 12.4 Å². The Morgan fingerprint density at radius 1 is 1.40 bits per heavy atom. The number of nitrogens with two attached hydrogens (primary N) is 1. The molecule has 0 saturated carbocycles. The van der Waals surface area contributed by atoms with E-state index < -0.39 is 21.3 Å². The van der Waals surface area contributed by atoms with Crippen molar-refractivity contribution in [3.8, 4) is 0 Å². The Morgan fingerprint density at radius 3 is 2.68 bits per heavy atom. The molecule has 0 amide bonds. The summed E-state index contributed by atoms with van der Waals surface area (Å²) >= 11 is 0. The molecule has 2 rings (SSSR count). The lowest BCUT2D eigenvalue weighted by Crippen LogP contribution is -2.40. The first-order valence-corrected chi connectivity index (χ1v) is 9.10. The third-order valence-electron chi connectivity index (χ3n) is 3.75. The van der Waals surface area contributed by atoms with E-state index in [1.165, 1.54) is 13.1 Å². The van der Waals surface area contributed by atoms with Crippen molar-refractivity contribution in [2.24, 2.45) is 12.8 Å². The second kappa shape index (κ2) is 8.56. The highest BCUT2D eigenvalue weighted by molar-refractivity contribution is 7.89. The van der Waals surface area contributed by atoms with E-state index in [0.717, 1.165) is 23.6 Å². The maximum Gasteiger partial charge on any atom is 0.329 e. The van der Waals surface area contributed by atoms with Crippen LogP contribution in [0.2, 0.25) is 0 Å². The molecule has 1 unspecified atom stereocenters. The zero-order chi connectivity index (χ0) is 17.9. The highest BCUT2D eigenvalue weighted by atomic mass is 35.5. The van der Waals surface area contributed by atoms with Crippen LogP contribution in [0.25, 0.3) is 11.0 Å². The van der Waals surface area contributed by atoms with E-state index in [0.29, 0.717) is 6.42 Å². The molecule has 0 aliphatic rings. The molecule has 0 spiro atoms. The largest absolute Gasteiger partial charge is 0.329 e. The maximum absolute atomic E-state index is 12.5. The summed E-state index contributed by atoms with van der Waals surface area (Å²) in [5.74, 6) is 0. The molecule has 0 bridgehead atoms. The predicted molar refractivity (Wildman–Crippen MR) is 97.5 cm³/mol. The van der Waals surface area contributed by atoms with Crippen LogP contribution >= 0.6 is 12.4 Å². The summed E-state index contributed by atoms with van der Waals surface area (Å²) in [5, 5.41) is 0.0258. The highest BCUT2D eigenvalue weighted by Gasteiger charge is 2.21. The number of pyridine rings is 1. The van der Waals surface area contributed by atoms with Crippen molar-refractivity contribution in [2.45, 2.75) is 37.1 Å². The number of hydrogen-bond acceptors (Lipinski definition) is 6. The van der Waals surface area contributed by atoms with Crippen molar-refractivity contribution < 1.29 is 8.42 Å². The third-order valence-corrected chi connectivity index (χ3v) is 5.24. The Labute approximate surface area is 151 Å². The van der Waals surface area contributed by atoms with E-state index in [2.05, 4.69) is 14.7 Å². The van der Waals surface area contributed by atoms with Gasteiger partial charge in [0, 0.05) is 25.8 Å². The fraction of sp³-hybridized carbons (Fsp3) is 0.500. The molecule has 0 radical (unpaired) electrons. The van der Waals surface area contributed by atoms with E-state index in [4.69, 9.17) is 5.73 Å². The molecule has 2 aromatic rings. The van der Waals surface area contributed by atoms with Crippen LogP contribution in [-0.2, 0) is 17.1 Å². The third kappa shape index (κ3) is 4.66. The smallest absolute Gasteiger partial charge is 0.329 e. The van der Waals surface area contributed by atoms with Crippen molar-refractivity contribution in [1.82, 2.24) is 19.3 Å². The predicted octanol–water partition coefficient (Wildman–Crippen LogP) is -0.161. The molecule has 0 aliphatic carbocycles. The normalized spacial score (nSPS) is 12.8. The van der Waals surface area contributed by atoms with Crippen molar-refractivity contribution in [3.63, 3.8) is 0 Å². The number of hydrogen-bond donors (Lipinski definition) is 3. The van der Waals surface area contributed by atoms with E-state index in [1.807, 2.05) is 6.92 Å². The van der Waals surface area contributed by atoms with E-state index >= 15 is 0 Å². The number of rotatable bonds is 7. The number of unbranched alkanes of at least 4 members (excludes halogenated alkanes) is 1. The lowest BCUT2D eigenvalue weighted by atomic mass is 10.1. The molecule has 1 atom stereocenters. The first kappa shape index (κ1) is 21.3. The topological polar surface area (TPSA) is 140 Å². The van der Waals surface area contributed by atoms with Gasteiger partial charge in [0.15, 0.2) is 0 Å². The number of aromatic nitrogens is 3. The summed E-state index contributed by atoms with van der Waals surface area (Å²) in [6.07, 6.45) is 3.53. The van der Waals surface area contributed by atoms with Gasteiger partial charge >= 0.3 is 5.69 Å². The van der Waals surface area contributed by atoms with E-state index in [1.54, 1.807) is 0 Å². The van der Waals surface area contributed by atoms with Gasteiger partial charge < -0.3 is 5.73 Å². The van der Waals surface area contributed by atoms with Crippen molar-refractivity contribution in [1.29, 1.82) is 0 Å². The second-order valence-electron chi connectivity index (χ2n) is 5.56. The molecule has 11 heteroatoms. The standard InChI is InChI=1S/C14H21N5O4S.ClH/c1-3-4-5-9(7-15)18-24(22,23)10-6-11-12(16-8-10)19(2)14(21)17-13(11)20;/h6,8-9,18H,3-5,7,15H2,1-2H3,(H,17,20,21);1H. The van der Waals surface area contributed by atoms with Crippen LogP contribution in [0.1, 0.15) is 26.2 Å². The van der Waals surface area contributed by atoms with Crippen LogP contribution in [0.5, 0.6) is 0 Å². The molecule has 140 valence electrons. The molecule has 0 fully saturated rings. The molecular formula is C14H22ClN5O4S. The number of nitrogens with zero attached hydrogens (tertiary/aromatic N) is 2. The Morgan fingerprint density at radius 2 is 2.08 bits per heavy atom. The van der Waals surface area contributed by atoms with E-state index in [9.17, 15) is 18.0 Å². The van der Waals surface area contributed by atoms with Crippen LogP contribution in [0.3, 0.4) is 0 Å². The van der Waals surface area contributed by atoms with Gasteiger partial charge in [0.25, 0.3) is 5.56 Å². The van der Waals surface area contributed by atoms with Crippen LogP contribution in [0.4, 0.5) is 0 Å². The van der Waals surface area contributed by atoms with Crippen molar-refractivity contribution in [2.75, 3.05) is 6.54 Å². The molecule has 0 saturated heterocycles. The van der Waals surface area contributed by atoms with Gasteiger partial charge in [0.2, 0.25) is 10.0 Å². The minimum atomic E-state index is -3.87. The first-order valence-electron chi connectivity index (χ1n) is 7.61. The lowest BCUT2D eigenvalue weighted by molar-refractivity contribution is 0.516. The van der Waals surface area contributed by atoms with Gasteiger partial charge in [-0.2, -0.15) is 0 Å². The Balaban J connectivity index is 0.00000312. The quantitative estimate of drug-likeness (QED) is 0.599. The van der Waals surface area contributed by atoms with Crippen molar-refractivity contribution >= 4 is 33.5 Å². The molecule has 0 aliphatic heterocycles. The summed E-state index contributed by atoms with van der Waals surface area (Å²) in [5.41, 5.74) is 4.43. The summed E-state index contributed by atoms with van der Waals surface area (Å²) in [7, 11) is -2.43. The SMILES string of the molecule is CCCCC(CN)NS(=O)(=O)c1cnc2c(c1)c(=O)[nH]c(=O)n2C.Cl. The van der Waals surface area contributed by atoms with E-state index in [-0.39, 0.29) is 40.9 Å². The minimum Gasteiger partial charge on any atom is -0.329 e. The number of aromatic amines is 1. The van der Waals surface area contributed by atoms with Gasteiger partial charge in [0.05, 0.1) is 5.39 Å². The molecule has 2 aromatic heterocycles. The van der Waals surface area contributed by atoms with Crippen LogP contribution in [0.15, 0.2) is 26.7 Å². The summed E-state index contributed by atoms with van der Waals surface area (Å²) in [4.78, 5) is 29.4. The fourth-order valence-corrected chi connectivity index (χ4v) is 3.58. The maximum atomic E-state index is 12.5. The van der Waals surface area contributed by atoms with Gasteiger partial charge in [-0.3, -0.25) is 14.3 Å². The van der Waals surface area contributed by atoms with Gasteiger partial charge in [-0.1, -0.05) is 19.8 Å². The number of H-pyrrole nitrogens is 1. The fourth-order valence-electron chi connectivity index (χ4n) is 2.33. The zero-order valence-electron chi connectivity index (χ0n) is 14.0. The number of halogens is 1. The van der Waals surface area contributed by atoms with Gasteiger partial charge in [-0.25, -0.2) is 22.9 Å². The number of sulfonamides is 1. The number of fused-ring (bicyclic) bond motifs is 1. The highest BCUT2D eigenvalue weighted by Crippen LogP contribution is 2.13. The average molecular weight is 392 g/mol. The Bertz CT molecular complexity index is 954. The molecule has 2 heterocycles. The van der Waals surface area contributed by atoms with Crippen LogP contribution < -0.4 is 21.7 Å². The molecule has 9 nitrogen and oxygen atoms in total. The van der Waals surface area contributed by atoms with Crippen LogP contribution in [0, 0.1) is 0 Å². The summed E-state index contributed by atoms with van der Waals surface area (Å²) in [6.45, 7) is 2.18. The average Bonchev–Trinajstić information content (AvgIpc) is 2.56. The zero-order valence-corrected chi connectivity index (χ0v) is 15.6. The molecule has 4 N–H and O–H groups in total. The lowest BCUT2D eigenvalue weighted by Gasteiger charge is -2.16. The molecule has 0 aromatic carbocycles. The number of nitrogens with one attached hydrogen (secondary N) is 2. The molecule has 25 heavy (non-hydrogen) atoms. The number of aryl methyl sites for hydroxylation is 1. The van der Waals surface area contributed by atoms with Gasteiger partial charge in [0.1, 0.15) is 10.5 Å². The first-order chi connectivity index (χ1) is 11.3.